The van der Waals surface area contributed by atoms with Crippen LogP contribution in [0.5, 0.6) is 0 Å². The summed E-state index contributed by atoms with van der Waals surface area (Å²) in [5.74, 6) is -2.83. The van der Waals surface area contributed by atoms with Gasteiger partial charge >= 0.3 is 0 Å². The second-order valence-corrected chi connectivity index (χ2v) is 25.2. The lowest BCUT2D eigenvalue weighted by atomic mass is 9.73. The number of carbonyl (C=O) groups is 6. The van der Waals surface area contributed by atoms with Crippen molar-refractivity contribution in [3.63, 3.8) is 0 Å². The number of sulfonamides is 1. The first kappa shape index (κ1) is 59.8. The number of piperazine rings is 2. The first-order valence-electron chi connectivity index (χ1n) is 28.5. The molecule has 2 atom stereocenters. The smallest absolute Gasteiger partial charge is 0.264 e. The van der Waals surface area contributed by atoms with Crippen LogP contribution in [0.2, 0.25) is 0 Å². The van der Waals surface area contributed by atoms with Gasteiger partial charge in [-0.25, -0.2) is 13.1 Å². The van der Waals surface area contributed by atoms with Crippen molar-refractivity contribution < 1.29 is 37.2 Å². The third-order valence-electron chi connectivity index (χ3n) is 16.9. The minimum atomic E-state index is -4.21. The molecule has 8 rings (SSSR count). The van der Waals surface area contributed by atoms with Gasteiger partial charge in [0.25, 0.3) is 27.7 Å². The summed E-state index contributed by atoms with van der Waals surface area (Å²) in [6.07, 6.45) is 9.62. The predicted octanol–water partition coefficient (Wildman–Crippen LogP) is 8.42. The zero-order valence-corrected chi connectivity index (χ0v) is 49.1. The Morgan fingerprint density at radius 1 is 0.875 bits per heavy atom. The number of piperidine rings is 1. The van der Waals surface area contributed by atoms with Crippen LogP contribution in [0.15, 0.2) is 106 Å². The fraction of sp³-hybridized carbons (Fsp3) is 0.508. The molecule has 0 radical (unpaired) electrons. The van der Waals surface area contributed by atoms with E-state index in [1.54, 1.807) is 41.5 Å². The molecule has 3 aromatic carbocycles. The normalized spacial score (nSPS) is 19.4. The van der Waals surface area contributed by atoms with Gasteiger partial charge in [-0.3, -0.25) is 43.5 Å². The van der Waals surface area contributed by atoms with Crippen molar-refractivity contribution in [2.75, 3.05) is 87.6 Å². The monoisotopic (exact) mass is 1130 g/mol. The maximum absolute atomic E-state index is 13.6. The third kappa shape index (κ3) is 14.4. The van der Waals surface area contributed by atoms with E-state index in [1.807, 2.05) is 24.1 Å². The van der Waals surface area contributed by atoms with Gasteiger partial charge in [0, 0.05) is 113 Å². The highest BCUT2D eigenvalue weighted by Gasteiger charge is 2.45. The molecule has 3 fully saturated rings. The number of nitrogens with zero attached hydrogens (tertiary/aromatic N) is 6. The highest BCUT2D eigenvalue weighted by Crippen LogP contribution is 2.41. The fourth-order valence-electron chi connectivity index (χ4n) is 11.8. The molecule has 1 aliphatic carbocycles. The highest BCUT2D eigenvalue weighted by atomic mass is 32.2. The molecule has 3 saturated heterocycles. The SMILES string of the molecule is C=C(CC)CCC1=C(CN2CCN(c3ccc(C(=O)NS(=O)(=O)c4ccc(N(C)C(CC)CCN5CCN(C(=O)CCCC(=O)Nc6cccc7c6C(=O)N(C6CCC(=C)NC6=O)C7=O)CC5)c(S)c4)cc3)CC2)CCC(C)(C)C1. The zero-order chi connectivity index (χ0) is 57.5. The maximum atomic E-state index is 13.6. The Bertz CT molecular complexity index is 3010. The van der Waals surface area contributed by atoms with E-state index in [-0.39, 0.29) is 58.5 Å². The molecule has 19 heteroatoms. The van der Waals surface area contributed by atoms with Crippen molar-refractivity contribution in [2.45, 2.75) is 133 Å². The fourth-order valence-corrected chi connectivity index (χ4v) is 13.2. The van der Waals surface area contributed by atoms with E-state index in [0.29, 0.717) is 55.0 Å². The number of thiol groups is 1. The Morgan fingerprint density at radius 2 is 1.59 bits per heavy atom. The summed E-state index contributed by atoms with van der Waals surface area (Å²) < 4.78 is 29.4. The van der Waals surface area contributed by atoms with Gasteiger partial charge in [0.05, 0.1) is 27.4 Å². The molecule has 0 aromatic heterocycles. The predicted molar refractivity (Wildman–Crippen MR) is 317 cm³/mol. The number of rotatable bonds is 22. The molecule has 3 aromatic rings. The topological polar surface area (TPSA) is 192 Å². The average Bonchev–Trinajstić information content (AvgIpc) is 3.76. The number of allylic oxidation sites excluding steroid dienone is 3. The summed E-state index contributed by atoms with van der Waals surface area (Å²) in [7, 11) is -2.24. The standard InChI is InChI=1S/C61H81N9O8S2/c1-8-41(3)16-18-44-39-61(5,6)28-26-45(44)40-67-32-34-68(35-33-67)47-21-19-43(20-22-47)57(73)64-80(77,78)48-23-25-51(53(79)38-48)65(7)46(9-2)27-29-66-30-36-69(37-31-66)55(72)15-11-14-54(71)63-50-13-10-12-49-56(50)60(76)70(59(49)75)52-24-17-42(4)62-58(52)74/h10,12-13,19-23,25,38,46,52,79H,3-4,8-9,11,14-18,24,26-37,39-40H2,1-2,5-7H3,(H,62,74)(H,63,71)(H,64,73). The molecule has 5 aliphatic rings. The van der Waals surface area contributed by atoms with Gasteiger partial charge in [0.1, 0.15) is 6.04 Å². The molecule has 3 N–H and O–H groups in total. The van der Waals surface area contributed by atoms with Crippen LogP contribution < -0.4 is 25.2 Å². The quantitative estimate of drug-likeness (QED) is 0.0428. The highest BCUT2D eigenvalue weighted by molar-refractivity contribution is 7.90. The number of fused-ring (bicyclic) bond motifs is 1. The minimum Gasteiger partial charge on any atom is -0.371 e. The summed E-state index contributed by atoms with van der Waals surface area (Å²) >= 11 is 4.72. The van der Waals surface area contributed by atoms with Gasteiger partial charge in [-0.2, -0.15) is 0 Å². The zero-order valence-electron chi connectivity index (χ0n) is 47.4. The molecule has 80 heavy (non-hydrogen) atoms. The average molecular weight is 1130 g/mol. The van der Waals surface area contributed by atoms with Crippen LogP contribution in [-0.2, 0) is 24.4 Å². The molecular formula is C61H81N9O8S2. The Hall–Kier alpha value is -6.28. The van der Waals surface area contributed by atoms with E-state index >= 15 is 0 Å². The minimum absolute atomic E-state index is 0.0355. The van der Waals surface area contributed by atoms with Crippen LogP contribution >= 0.6 is 12.6 Å². The molecule has 0 spiro atoms. The lowest BCUT2D eigenvalue weighted by Gasteiger charge is -2.39. The molecule has 0 saturated carbocycles. The van der Waals surface area contributed by atoms with Crippen LogP contribution in [0.25, 0.3) is 0 Å². The Labute approximate surface area is 478 Å². The number of nitrogens with one attached hydrogen (secondary N) is 3. The van der Waals surface area contributed by atoms with Gasteiger partial charge in [-0.15, -0.1) is 12.6 Å². The molecule has 4 aliphatic heterocycles. The van der Waals surface area contributed by atoms with Crippen LogP contribution in [0, 0.1) is 5.41 Å². The number of hydrogen-bond donors (Lipinski definition) is 4. The van der Waals surface area contributed by atoms with Gasteiger partial charge in [-0.1, -0.05) is 63.6 Å². The van der Waals surface area contributed by atoms with Crippen LogP contribution in [0.4, 0.5) is 17.1 Å². The molecule has 0 bridgehead atoms. The van der Waals surface area contributed by atoms with Gasteiger partial charge in [0.2, 0.25) is 17.7 Å². The summed E-state index contributed by atoms with van der Waals surface area (Å²) in [6, 6.07) is 15.6. The summed E-state index contributed by atoms with van der Waals surface area (Å²) in [5.41, 5.74) is 7.82. The Morgan fingerprint density at radius 3 is 2.26 bits per heavy atom. The van der Waals surface area contributed by atoms with E-state index in [1.165, 1.54) is 36.6 Å². The summed E-state index contributed by atoms with van der Waals surface area (Å²) in [4.78, 5) is 91.5. The van der Waals surface area contributed by atoms with Crippen molar-refractivity contribution >= 4 is 75.2 Å². The number of amides is 6. The Balaban J connectivity index is 0.746. The van der Waals surface area contributed by atoms with Gasteiger partial charge in [0.15, 0.2) is 0 Å². The molecule has 2 unspecified atom stereocenters. The van der Waals surface area contributed by atoms with Crippen molar-refractivity contribution in [2.24, 2.45) is 5.41 Å². The lowest BCUT2D eigenvalue weighted by Crippen LogP contribution is -2.51. The maximum Gasteiger partial charge on any atom is 0.264 e. The van der Waals surface area contributed by atoms with E-state index in [9.17, 15) is 37.2 Å². The number of imide groups is 1. The van der Waals surface area contributed by atoms with E-state index < -0.39 is 45.6 Å². The second kappa shape index (κ2) is 26.1. The third-order valence-corrected chi connectivity index (χ3v) is 18.6. The van der Waals surface area contributed by atoms with Gasteiger partial charge < -0.3 is 25.3 Å². The molecule has 4 heterocycles. The number of anilines is 3. The molecule has 17 nitrogen and oxygen atoms in total. The summed E-state index contributed by atoms with van der Waals surface area (Å²) in [6.45, 7) is 25.0. The Kier molecular flexibility index (Phi) is 19.5. The number of benzene rings is 3. The number of hydrogen-bond acceptors (Lipinski definition) is 13. The van der Waals surface area contributed by atoms with Crippen LogP contribution in [0.1, 0.15) is 142 Å². The lowest BCUT2D eigenvalue weighted by molar-refractivity contribution is -0.133. The first-order chi connectivity index (χ1) is 38.1. The van der Waals surface area contributed by atoms with Crippen molar-refractivity contribution in [1.29, 1.82) is 0 Å². The first-order valence-corrected chi connectivity index (χ1v) is 30.4. The largest absolute Gasteiger partial charge is 0.371 e. The molecule has 430 valence electrons. The summed E-state index contributed by atoms with van der Waals surface area (Å²) in [5, 5.41) is 5.37. The molecule has 6 amide bonds. The van der Waals surface area contributed by atoms with Crippen molar-refractivity contribution in [3.05, 3.63) is 113 Å². The van der Waals surface area contributed by atoms with Crippen LogP contribution in [0.3, 0.4) is 0 Å². The van der Waals surface area contributed by atoms with Crippen molar-refractivity contribution in [3.8, 4) is 0 Å². The van der Waals surface area contributed by atoms with Crippen molar-refractivity contribution in [1.82, 2.24) is 29.6 Å². The second-order valence-electron chi connectivity index (χ2n) is 23.0. The number of carbonyl (C=O) groups excluding carboxylic acids is 6. The van der Waals surface area contributed by atoms with Gasteiger partial charge in [-0.05, 0) is 131 Å². The van der Waals surface area contributed by atoms with E-state index in [0.717, 1.165) is 94.1 Å². The van der Waals surface area contributed by atoms with Crippen LogP contribution in [-0.4, -0.2) is 148 Å². The van der Waals surface area contributed by atoms with E-state index in [2.05, 4.69) is 75.8 Å². The van der Waals surface area contributed by atoms with E-state index in [4.69, 9.17) is 12.6 Å². The molecular weight excluding hydrogens is 1050 g/mol.